The normalized spacial score (nSPS) is 24.1. The van der Waals surface area contributed by atoms with Crippen molar-refractivity contribution in [2.45, 2.75) is 32.0 Å². The molecule has 7 nitrogen and oxygen atoms in total. The van der Waals surface area contributed by atoms with Crippen LogP contribution in [0.25, 0.3) is 11.1 Å². The lowest BCUT2D eigenvalue weighted by Crippen LogP contribution is -2.49. The smallest absolute Gasteiger partial charge is 0.258 e. The van der Waals surface area contributed by atoms with Gasteiger partial charge in [0.1, 0.15) is 5.82 Å². The summed E-state index contributed by atoms with van der Waals surface area (Å²) >= 11 is 0. The third kappa shape index (κ3) is 3.26. The Morgan fingerprint density at radius 1 is 1.16 bits per heavy atom. The SMILES string of the molecule is CCC(=O)N1[C@@H]2Cn3c(ccc(-c4ccc(F)cc4)c3=O)[C@H]1[C@@H](C(=O)N(C)C)[C@@H]2CO. The molecular weight excluding hydrogens is 401 g/mol. The van der Waals surface area contributed by atoms with E-state index in [-0.39, 0.29) is 42.8 Å². The molecule has 2 aliphatic rings. The van der Waals surface area contributed by atoms with Crippen molar-refractivity contribution >= 4 is 11.8 Å². The minimum atomic E-state index is -0.634. The van der Waals surface area contributed by atoms with E-state index >= 15 is 0 Å². The Kier molecular flexibility index (Phi) is 5.43. The summed E-state index contributed by atoms with van der Waals surface area (Å²) in [6.07, 6.45) is 0.270. The molecule has 31 heavy (non-hydrogen) atoms. The Hall–Kier alpha value is -3.00. The molecule has 1 fully saturated rings. The maximum atomic E-state index is 13.4. The van der Waals surface area contributed by atoms with Crippen molar-refractivity contribution in [1.29, 1.82) is 0 Å². The van der Waals surface area contributed by atoms with E-state index in [2.05, 4.69) is 0 Å². The van der Waals surface area contributed by atoms with Crippen LogP contribution in [0.3, 0.4) is 0 Å². The molecule has 0 saturated carbocycles. The van der Waals surface area contributed by atoms with E-state index in [4.69, 9.17) is 0 Å². The number of benzene rings is 1. The molecule has 0 radical (unpaired) electrons. The molecule has 2 amide bonds. The first-order valence-corrected chi connectivity index (χ1v) is 10.4. The van der Waals surface area contributed by atoms with Crippen molar-refractivity contribution in [2.75, 3.05) is 20.7 Å². The number of carbonyl (C=O) groups excluding carboxylic acids is 2. The van der Waals surface area contributed by atoms with Gasteiger partial charge in [0.05, 0.1) is 18.0 Å². The number of halogens is 1. The highest BCUT2D eigenvalue weighted by Crippen LogP contribution is 2.49. The number of carbonyl (C=O) groups is 2. The van der Waals surface area contributed by atoms with Gasteiger partial charge in [-0.3, -0.25) is 14.4 Å². The summed E-state index contributed by atoms with van der Waals surface area (Å²) in [5.41, 5.74) is 1.36. The van der Waals surface area contributed by atoms with Gasteiger partial charge in [0.2, 0.25) is 11.8 Å². The van der Waals surface area contributed by atoms with Crippen molar-refractivity contribution < 1.29 is 19.1 Å². The number of fused-ring (bicyclic) bond motifs is 4. The Morgan fingerprint density at radius 3 is 2.42 bits per heavy atom. The van der Waals surface area contributed by atoms with Gasteiger partial charge in [0.15, 0.2) is 0 Å². The summed E-state index contributed by atoms with van der Waals surface area (Å²) in [7, 11) is 3.30. The second-order valence-electron chi connectivity index (χ2n) is 8.37. The third-order valence-corrected chi connectivity index (χ3v) is 6.52. The van der Waals surface area contributed by atoms with E-state index in [1.807, 2.05) is 0 Å². The average Bonchev–Trinajstić information content (AvgIpc) is 3.00. The fraction of sp³-hybridized carbons (Fsp3) is 0.435. The fourth-order valence-electron chi connectivity index (χ4n) is 5.06. The highest BCUT2D eigenvalue weighted by atomic mass is 19.1. The minimum absolute atomic E-state index is 0.108. The number of pyridine rings is 1. The monoisotopic (exact) mass is 427 g/mol. The molecule has 3 heterocycles. The average molecular weight is 427 g/mol. The fourth-order valence-corrected chi connectivity index (χ4v) is 5.06. The van der Waals surface area contributed by atoms with Crippen LogP contribution in [-0.4, -0.2) is 58.0 Å². The summed E-state index contributed by atoms with van der Waals surface area (Å²) < 4.78 is 14.9. The predicted molar refractivity (Wildman–Crippen MR) is 113 cm³/mol. The predicted octanol–water partition coefficient (Wildman–Crippen LogP) is 1.64. The molecule has 2 aromatic rings. The first kappa shape index (κ1) is 21.2. The summed E-state index contributed by atoms with van der Waals surface area (Å²) in [5, 5.41) is 10.2. The zero-order valence-electron chi connectivity index (χ0n) is 17.8. The van der Waals surface area contributed by atoms with Gasteiger partial charge in [-0.25, -0.2) is 4.39 Å². The summed E-state index contributed by atoms with van der Waals surface area (Å²) in [6.45, 7) is 1.71. The molecule has 8 heteroatoms. The van der Waals surface area contributed by atoms with E-state index in [0.717, 1.165) is 0 Å². The van der Waals surface area contributed by atoms with Gasteiger partial charge in [-0.2, -0.15) is 0 Å². The van der Waals surface area contributed by atoms with Gasteiger partial charge in [-0.15, -0.1) is 0 Å². The molecule has 4 atom stereocenters. The lowest BCUT2D eigenvalue weighted by molar-refractivity contribution is -0.138. The van der Waals surface area contributed by atoms with Gasteiger partial charge in [-0.1, -0.05) is 19.1 Å². The van der Waals surface area contributed by atoms with Crippen LogP contribution in [0.4, 0.5) is 4.39 Å². The van der Waals surface area contributed by atoms with Crippen LogP contribution in [0.15, 0.2) is 41.2 Å². The van der Waals surface area contributed by atoms with Gasteiger partial charge in [0.25, 0.3) is 5.56 Å². The number of hydrogen-bond acceptors (Lipinski definition) is 4. The van der Waals surface area contributed by atoms with E-state index < -0.39 is 23.9 Å². The van der Waals surface area contributed by atoms with Gasteiger partial charge in [0, 0.05) is 50.8 Å². The molecule has 2 aliphatic heterocycles. The van der Waals surface area contributed by atoms with Crippen molar-refractivity contribution in [3.05, 3.63) is 58.3 Å². The summed E-state index contributed by atoms with van der Waals surface area (Å²) in [5.74, 6) is -1.77. The topological polar surface area (TPSA) is 82.9 Å². The van der Waals surface area contributed by atoms with Crippen LogP contribution < -0.4 is 5.56 Å². The van der Waals surface area contributed by atoms with Crippen LogP contribution >= 0.6 is 0 Å². The first-order valence-electron chi connectivity index (χ1n) is 10.4. The Labute approximate surface area is 179 Å². The van der Waals surface area contributed by atoms with Crippen molar-refractivity contribution in [3.8, 4) is 11.1 Å². The second-order valence-corrected chi connectivity index (χ2v) is 8.37. The van der Waals surface area contributed by atoms with E-state index in [1.54, 1.807) is 54.8 Å². The lowest BCUT2D eigenvalue weighted by Gasteiger charge is -2.38. The number of aliphatic hydroxyl groups is 1. The number of hydrogen-bond donors (Lipinski definition) is 1. The molecular formula is C23H26FN3O4. The molecule has 4 rings (SSSR count). The van der Waals surface area contributed by atoms with E-state index in [9.17, 15) is 23.9 Å². The molecule has 1 N–H and O–H groups in total. The van der Waals surface area contributed by atoms with Crippen molar-refractivity contribution in [2.24, 2.45) is 11.8 Å². The zero-order chi connectivity index (χ0) is 22.4. The Balaban J connectivity index is 1.89. The number of nitrogens with zero attached hydrogens (tertiary/aromatic N) is 3. The molecule has 164 valence electrons. The number of aromatic nitrogens is 1. The Bertz CT molecular complexity index is 1080. The molecule has 0 aliphatic carbocycles. The van der Waals surface area contributed by atoms with Crippen molar-refractivity contribution in [1.82, 2.24) is 14.4 Å². The summed E-state index contributed by atoms with van der Waals surface area (Å²) in [4.78, 5) is 42.5. The summed E-state index contributed by atoms with van der Waals surface area (Å²) in [6, 6.07) is 8.08. The number of rotatable bonds is 4. The maximum Gasteiger partial charge on any atom is 0.258 e. The second kappa shape index (κ2) is 7.92. The van der Waals surface area contributed by atoms with Crippen LogP contribution in [0.2, 0.25) is 0 Å². The largest absolute Gasteiger partial charge is 0.396 e. The number of aliphatic hydroxyl groups excluding tert-OH is 1. The quantitative estimate of drug-likeness (QED) is 0.804. The molecule has 0 spiro atoms. The van der Waals surface area contributed by atoms with Gasteiger partial charge >= 0.3 is 0 Å². The molecule has 1 aromatic heterocycles. The van der Waals surface area contributed by atoms with Crippen LogP contribution in [-0.2, 0) is 16.1 Å². The minimum Gasteiger partial charge on any atom is -0.396 e. The third-order valence-electron chi connectivity index (χ3n) is 6.52. The lowest BCUT2D eigenvalue weighted by atomic mass is 9.86. The maximum absolute atomic E-state index is 13.4. The van der Waals surface area contributed by atoms with E-state index in [0.29, 0.717) is 16.8 Å². The molecule has 2 bridgehead atoms. The standard InChI is InChI=1S/C23H26FN3O4/c1-4-19(29)27-18-11-26-17(21(27)20(16(18)12-28)23(31)25(2)3)10-9-15(22(26)30)13-5-7-14(24)8-6-13/h5-10,16,18,20-21,28H,4,11-12H2,1-3H3/t16-,18-,20+,21+/m1/s1. The van der Waals surface area contributed by atoms with Crippen LogP contribution in [0.5, 0.6) is 0 Å². The highest BCUT2D eigenvalue weighted by molar-refractivity contribution is 5.84. The molecule has 1 saturated heterocycles. The first-order chi connectivity index (χ1) is 14.8. The van der Waals surface area contributed by atoms with Crippen molar-refractivity contribution in [3.63, 3.8) is 0 Å². The zero-order valence-corrected chi connectivity index (χ0v) is 17.8. The molecule has 0 unspecified atom stereocenters. The Morgan fingerprint density at radius 2 is 1.84 bits per heavy atom. The van der Waals surface area contributed by atoms with Gasteiger partial charge < -0.3 is 19.5 Å². The highest BCUT2D eigenvalue weighted by Gasteiger charge is 2.57. The van der Waals surface area contributed by atoms with Gasteiger partial charge in [-0.05, 0) is 29.8 Å². The number of amides is 2. The molecule has 1 aromatic carbocycles. The van der Waals surface area contributed by atoms with E-state index in [1.165, 1.54) is 17.0 Å². The van der Waals surface area contributed by atoms with Crippen LogP contribution in [0, 0.1) is 17.7 Å². The van der Waals surface area contributed by atoms with Crippen LogP contribution in [0.1, 0.15) is 25.1 Å².